The highest BCUT2D eigenvalue weighted by Crippen LogP contribution is 2.35. The number of fused-ring (bicyclic) bond motifs is 1. The fourth-order valence-electron chi connectivity index (χ4n) is 2.25. The molecule has 2 rings (SSSR count). The average molecular weight is 302 g/mol. The van der Waals surface area contributed by atoms with Gasteiger partial charge in [-0.15, -0.1) is 0 Å². The highest BCUT2D eigenvalue weighted by atomic mass is 19.4. The number of carboxylic acids is 1. The molecule has 1 heterocycles. The third kappa shape index (κ3) is 2.71. The minimum Gasteiger partial charge on any atom is -0.478 e. The fourth-order valence-corrected chi connectivity index (χ4v) is 2.25. The Kier molecular flexibility index (Phi) is 3.91. The molecule has 0 saturated carbocycles. The van der Waals surface area contributed by atoms with Crippen LogP contribution in [0.4, 0.5) is 13.2 Å². The maximum Gasteiger partial charge on any atom is 0.449 e. The van der Waals surface area contributed by atoms with Crippen molar-refractivity contribution in [3.05, 3.63) is 29.6 Å². The van der Waals surface area contributed by atoms with E-state index in [-0.39, 0.29) is 29.6 Å². The molecule has 0 bridgehead atoms. The van der Waals surface area contributed by atoms with Crippen LogP contribution in [0, 0.1) is 0 Å². The van der Waals surface area contributed by atoms with Crippen LogP contribution in [0.3, 0.4) is 0 Å². The minimum atomic E-state index is -4.71. The second-order valence-electron chi connectivity index (χ2n) is 4.64. The van der Waals surface area contributed by atoms with Gasteiger partial charge in [-0.05, 0) is 25.5 Å². The number of hydrogen-bond acceptors (Lipinski definition) is 3. The SMILES string of the molecule is CC(CCO)n1c(C(F)(F)F)nc2c(C(=O)O)cccc21. The summed E-state index contributed by atoms with van der Waals surface area (Å²) in [6, 6.07) is 3.30. The van der Waals surface area contributed by atoms with Gasteiger partial charge in [-0.2, -0.15) is 13.2 Å². The zero-order chi connectivity index (χ0) is 15.8. The van der Waals surface area contributed by atoms with Crippen molar-refractivity contribution >= 4 is 17.0 Å². The van der Waals surface area contributed by atoms with Gasteiger partial charge < -0.3 is 14.8 Å². The molecule has 2 N–H and O–H groups in total. The summed E-state index contributed by atoms with van der Waals surface area (Å²) in [7, 11) is 0. The number of hydrogen-bond donors (Lipinski definition) is 2. The molecule has 21 heavy (non-hydrogen) atoms. The van der Waals surface area contributed by atoms with Gasteiger partial charge in [0.2, 0.25) is 5.82 Å². The van der Waals surface area contributed by atoms with Gasteiger partial charge in [0.15, 0.2) is 0 Å². The van der Waals surface area contributed by atoms with Gasteiger partial charge in [0.1, 0.15) is 5.52 Å². The highest BCUT2D eigenvalue weighted by molar-refractivity contribution is 6.01. The maximum absolute atomic E-state index is 13.1. The predicted molar refractivity (Wildman–Crippen MR) is 68.1 cm³/mol. The quantitative estimate of drug-likeness (QED) is 0.910. The highest BCUT2D eigenvalue weighted by Gasteiger charge is 2.39. The molecule has 1 unspecified atom stereocenters. The van der Waals surface area contributed by atoms with E-state index in [0.717, 1.165) is 4.57 Å². The Bertz CT molecular complexity index is 679. The summed E-state index contributed by atoms with van der Waals surface area (Å²) in [5.41, 5.74) is -0.404. The first-order valence-corrected chi connectivity index (χ1v) is 6.19. The molecule has 8 heteroatoms. The number of aliphatic hydroxyl groups excluding tert-OH is 1. The Morgan fingerprint density at radius 2 is 2.10 bits per heavy atom. The van der Waals surface area contributed by atoms with Gasteiger partial charge in [-0.1, -0.05) is 6.07 Å². The number of benzene rings is 1. The van der Waals surface area contributed by atoms with E-state index < -0.39 is 24.0 Å². The average Bonchev–Trinajstić information content (AvgIpc) is 2.77. The summed E-state index contributed by atoms with van der Waals surface area (Å²) in [6.07, 6.45) is -4.61. The van der Waals surface area contributed by atoms with Gasteiger partial charge in [0, 0.05) is 12.6 Å². The number of imidazole rings is 1. The van der Waals surface area contributed by atoms with E-state index in [9.17, 15) is 18.0 Å². The smallest absolute Gasteiger partial charge is 0.449 e. The van der Waals surface area contributed by atoms with E-state index in [2.05, 4.69) is 4.98 Å². The summed E-state index contributed by atoms with van der Waals surface area (Å²) >= 11 is 0. The van der Waals surface area contributed by atoms with E-state index in [1.165, 1.54) is 25.1 Å². The molecular formula is C13H13F3N2O3. The van der Waals surface area contributed by atoms with Gasteiger partial charge in [0.05, 0.1) is 11.1 Å². The number of carboxylic acid groups (broad SMARTS) is 1. The van der Waals surface area contributed by atoms with Crippen LogP contribution >= 0.6 is 0 Å². The number of aliphatic hydroxyl groups is 1. The Hall–Kier alpha value is -2.09. The molecular weight excluding hydrogens is 289 g/mol. The lowest BCUT2D eigenvalue weighted by atomic mass is 10.1. The zero-order valence-electron chi connectivity index (χ0n) is 11.1. The van der Waals surface area contributed by atoms with Crippen molar-refractivity contribution in [1.29, 1.82) is 0 Å². The minimum absolute atomic E-state index is 0.0863. The van der Waals surface area contributed by atoms with Crippen LogP contribution in [0.25, 0.3) is 11.0 Å². The van der Waals surface area contributed by atoms with Gasteiger partial charge >= 0.3 is 12.1 Å². The molecule has 1 aromatic carbocycles. The van der Waals surface area contributed by atoms with Gasteiger partial charge in [-0.25, -0.2) is 9.78 Å². The van der Waals surface area contributed by atoms with E-state index in [1.54, 1.807) is 0 Å². The molecule has 114 valence electrons. The first kappa shape index (κ1) is 15.3. The fraction of sp³-hybridized carbons (Fsp3) is 0.385. The standard InChI is InChI=1S/C13H13F3N2O3/c1-7(5-6-19)18-9-4-2-3-8(11(20)21)10(9)17-12(18)13(14,15)16/h2-4,7,19H,5-6H2,1H3,(H,20,21). The first-order valence-electron chi connectivity index (χ1n) is 6.19. The second-order valence-corrected chi connectivity index (χ2v) is 4.64. The van der Waals surface area contributed by atoms with Crippen molar-refractivity contribution in [3.63, 3.8) is 0 Å². The number of carbonyl (C=O) groups is 1. The molecule has 0 aliphatic heterocycles. The summed E-state index contributed by atoms with van der Waals surface area (Å²) in [5, 5.41) is 18.0. The lowest BCUT2D eigenvalue weighted by Crippen LogP contribution is -2.18. The van der Waals surface area contributed by atoms with Gasteiger partial charge in [0.25, 0.3) is 0 Å². The van der Waals surface area contributed by atoms with Crippen LogP contribution < -0.4 is 0 Å². The van der Waals surface area contributed by atoms with Crippen molar-refractivity contribution in [2.45, 2.75) is 25.6 Å². The summed E-state index contributed by atoms with van der Waals surface area (Å²) < 4.78 is 40.3. The molecule has 1 atom stereocenters. The first-order chi connectivity index (χ1) is 9.77. The molecule has 0 spiro atoms. The van der Waals surface area contributed by atoms with Crippen LogP contribution in [-0.2, 0) is 6.18 Å². The lowest BCUT2D eigenvalue weighted by molar-refractivity contribution is -0.147. The van der Waals surface area contributed by atoms with E-state index in [0.29, 0.717) is 0 Å². The molecule has 5 nitrogen and oxygen atoms in total. The van der Waals surface area contributed by atoms with Crippen molar-refractivity contribution in [1.82, 2.24) is 9.55 Å². The number of nitrogens with zero attached hydrogens (tertiary/aromatic N) is 2. The monoisotopic (exact) mass is 302 g/mol. The molecule has 0 amide bonds. The van der Waals surface area contributed by atoms with Crippen molar-refractivity contribution in [2.24, 2.45) is 0 Å². The van der Waals surface area contributed by atoms with Gasteiger partial charge in [-0.3, -0.25) is 0 Å². The van der Waals surface area contributed by atoms with E-state index in [1.807, 2.05) is 0 Å². The Morgan fingerprint density at radius 1 is 1.43 bits per heavy atom. The van der Waals surface area contributed by atoms with Crippen molar-refractivity contribution in [3.8, 4) is 0 Å². The largest absolute Gasteiger partial charge is 0.478 e. The van der Waals surface area contributed by atoms with Crippen molar-refractivity contribution in [2.75, 3.05) is 6.61 Å². The maximum atomic E-state index is 13.1. The van der Waals surface area contributed by atoms with Crippen LogP contribution in [-0.4, -0.2) is 32.3 Å². The second kappa shape index (κ2) is 5.36. The number of rotatable bonds is 4. The van der Waals surface area contributed by atoms with E-state index in [4.69, 9.17) is 10.2 Å². The number of aromatic carboxylic acids is 1. The summed E-state index contributed by atoms with van der Waals surface area (Å²) in [5.74, 6) is -2.50. The van der Waals surface area contributed by atoms with Crippen LogP contribution in [0.1, 0.15) is 35.6 Å². The predicted octanol–water partition coefficient (Wildman–Crippen LogP) is 2.70. The zero-order valence-corrected chi connectivity index (χ0v) is 11.1. The molecule has 0 saturated heterocycles. The van der Waals surface area contributed by atoms with Crippen LogP contribution in [0.5, 0.6) is 0 Å². The Labute approximate surface area is 117 Å². The molecule has 1 aromatic heterocycles. The third-order valence-electron chi connectivity index (χ3n) is 3.19. The third-order valence-corrected chi connectivity index (χ3v) is 3.19. The van der Waals surface area contributed by atoms with E-state index >= 15 is 0 Å². The lowest BCUT2D eigenvalue weighted by Gasteiger charge is -2.17. The van der Waals surface area contributed by atoms with Crippen LogP contribution in [0.2, 0.25) is 0 Å². The number of aromatic nitrogens is 2. The number of halogens is 3. The Balaban J connectivity index is 2.79. The Morgan fingerprint density at radius 3 is 2.62 bits per heavy atom. The van der Waals surface area contributed by atoms with Crippen molar-refractivity contribution < 1.29 is 28.2 Å². The summed E-state index contributed by atoms with van der Waals surface area (Å²) in [6.45, 7) is 1.23. The number of alkyl halides is 3. The molecule has 0 aliphatic carbocycles. The molecule has 0 aliphatic rings. The topological polar surface area (TPSA) is 75.3 Å². The summed E-state index contributed by atoms with van der Waals surface area (Å²) in [4.78, 5) is 14.6. The molecule has 2 aromatic rings. The van der Waals surface area contributed by atoms with Crippen LogP contribution in [0.15, 0.2) is 18.2 Å². The molecule has 0 fully saturated rings. The number of para-hydroxylation sites is 1. The molecule has 0 radical (unpaired) electrons. The normalized spacial score (nSPS) is 13.6.